The first-order chi connectivity index (χ1) is 10.6. The van der Waals surface area contributed by atoms with E-state index in [1.807, 2.05) is 52.0 Å². The fraction of sp³-hybridized carbons (Fsp3) is 0.625. The van der Waals surface area contributed by atoms with Gasteiger partial charge in [0.25, 0.3) is 0 Å². The van der Waals surface area contributed by atoms with E-state index in [4.69, 9.17) is 9.31 Å². The highest BCUT2D eigenvalue weighted by molar-refractivity contribution is 7.90. The third-order valence-electron chi connectivity index (χ3n) is 4.92. The van der Waals surface area contributed by atoms with Crippen molar-refractivity contribution >= 4 is 22.6 Å². The molecule has 1 saturated heterocycles. The van der Waals surface area contributed by atoms with Crippen molar-refractivity contribution in [1.82, 2.24) is 4.72 Å². The smallest absolute Gasteiger partial charge is 0.399 e. The van der Waals surface area contributed by atoms with Gasteiger partial charge in [-0.2, -0.15) is 0 Å². The standard InChI is InChI=1S/C16H24BNO4S/c1-15(2)16(3,4)22-17(21-15)13-7-5-6-12(10-13)11-18-23(19,20)14-8-9-14/h5-7,10,14,18H,8-9,11H2,1-4H3. The van der Waals surface area contributed by atoms with Gasteiger partial charge >= 0.3 is 7.12 Å². The third-order valence-corrected chi connectivity index (χ3v) is 6.81. The molecule has 1 aliphatic carbocycles. The Bertz CT molecular complexity index is 682. The molecule has 1 aliphatic heterocycles. The molecule has 5 nitrogen and oxygen atoms in total. The average Bonchev–Trinajstić information content (AvgIpc) is 3.26. The molecule has 23 heavy (non-hydrogen) atoms. The SMILES string of the molecule is CC1(C)OB(c2cccc(CNS(=O)(=O)C3CC3)c2)OC1(C)C. The molecule has 7 heteroatoms. The lowest BCUT2D eigenvalue weighted by molar-refractivity contribution is 0.00578. The van der Waals surface area contributed by atoms with Crippen LogP contribution in [0.4, 0.5) is 0 Å². The summed E-state index contributed by atoms with van der Waals surface area (Å²) >= 11 is 0. The van der Waals surface area contributed by atoms with Crippen molar-refractivity contribution in [3.63, 3.8) is 0 Å². The van der Waals surface area contributed by atoms with E-state index in [0.29, 0.717) is 6.54 Å². The summed E-state index contributed by atoms with van der Waals surface area (Å²) in [6.07, 6.45) is 1.53. The lowest BCUT2D eigenvalue weighted by atomic mass is 9.78. The third kappa shape index (κ3) is 3.48. The maximum absolute atomic E-state index is 11.9. The Morgan fingerprint density at radius 3 is 2.35 bits per heavy atom. The van der Waals surface area contributed by atoms with Crippen LogP contribution in [-0.2, 0) is 25.9 Å². The molecule has 0 bridgehead atoms. The molecule has 1 aromatic rings. The fourth-order valence-corrected chi connectivity index (χ4v) is 3.87. The van der Waals surface area contributed by atoms with E-state index in [-0.39, 0.29) is 16.5 Å². The Labute approximate surface area is 138 Å². The molecular formula is C16H24BNO4S. The molecule has 0 amide bonds. The molecule has 0 atom stereocenters. The zero-order chi connectivity index (χ0) is 16.9. The van der Waals surface area contributed by atoms with Gasteiger partial charge in [0, 0.05) is 6.54 Å². The van der Waals surface area contributed by atoms with Crippen LogP contribution in [-0.4, -0.2) is 32.0 Å². The van der Waals surface area contributed by atoms with E-state index >= 15 is 0 Å². The average molecular weight is 337 g/mol. The Morgan fingerprint density at radius 2 is 1.78 bits per heavy atom. The molecule has 126 valence electrons. The Balaban J connectivity index is 1.71. The van der Waals surface area contributed by atoms with Crippen LogP contribution in [0, 0.1) is 0 Å². The summed E-state index contributed by atoms with van der Waals surface area (Å²) in [5.41, 5.74) is 1.04. The van der Waals surface area contributed by atoms with Crippen molar-refractivity contribution in [3.05, 3.63) is 29.8 Å². The van der Waals surface area contributed by atoms with Gasteiger partial charge in [-0.15, -0.1) is 0 Å². The van der Waals surface area contributed by atoms with Crippen molar-refractivity contribution in [2.75, 3.05) is 0 Å². The van der Waals surface area contributed by atoms with Gasteiger partial charge in [0.1, 0.15) is 0 Å². The van der Waals surface area contributed by atoms with Gasteiger partial charge < -0.3 is 9.31 Å². The molecule has 1 heterocycles. The second-order valence-corrected chi connectivity index (χ2v) is 9.44. The number of benzene rings is 1. The van der Waals surface area contributed by atoms with Crippen LogP contribution in [0.1, 0.15) is 46.1 Å². The molecule has 0 aromatic heterocycles. The number of rotatable bonds is 5. The summed E-state index contributed by atoms with van der Waals surface area (Å²) in [4.78, 5) is 0. The van der Waals surface area contributed by atoms with Gasteiger partial charge in [-0.3, -0.25) is 0 Å². The van der Waals surface area contributed by atoms with Crippen LogP contribution in [0.3, 0.4) is 0 Å². The molecule has 3 rings (SSSR count). The normalized spacial score (nSPS) is 23.2. The summed E-state index contributed by atoms with van der Waals surface area (Å²) in [6.45, 7) is 8.36. The van der Waals surface area contributed by atoms with Crippen LogP contribution in [0.15, 0.2) is 24.3 Å². The maximum Gasteiger partial charge on any atom is 0.494 e. The largest absolute Gasteiger partial charge is 0.494 e. The molecule has 0 spiro atoms. The van der Waals surface area contributed by atoms with Crippen molar-refractivity contribution < 1.29 is 17.7 Å². The van der Waals surface area contributed by atoms with Gasteiger partial charge in [-0.1, -0.05) is 24.3 Å². The van der Waals surface area contributed by atoms with Crippen LogP contribution in [0.5, 0.6) is 0 Å². The first kappa shape index (κ1) is 17.0. The monoisotopic (exact) mass is 337 g/mol. The minimum absolute atomic E-state index is 0.200. The quantitative estimate of drug-likeness (QED) is 0.829. The second kappa shape index (κ2) is 5.58. The van der Waals surface area contributed by atoms with Crippen LogP contribution in [0.2, 0.25) is 0 Å². The first-order valence-electron chi connectivity index (χ1n) is 8.04. The molecule has 2 fully saturated rings. The maximum atomic E-state index is 11.9. The van der Waals surface area contributed by atoms with E-state index < -0.39 is 17.1 Å². The predicted molar refractivity (Wildman–Crippen MR) is 90.9 cm³/mol. The first-order valence-corrected chi connectivity index (χ1v) is 9.58. The van der Waals surface area contributed by atoms with Gasteiger partial charge in [0.2, 0.25) is 10.0 Å². The van der Waals surface area contributed by atoms with Crippen LogP contribution >= 0.6 is 0 Å². The molecule has 0 unspecified atom stereocenters. The number of hydrogen-bond donors (Lipinski definition) is 1. The zero-order valence-corrected chi connectivity index (χ0v) is 14.9. The van der Waals surface area contributed by atoms with Crippen molar-refractivity contribution in [2.24, 2.45) is 0 Å². The Kier molecular flexibility index (Phi) is 4.12. The molecule has 1 aromatic carbocycles. The lowest BCUT2D eigenvalue weighted by Gasteiger charge is -2.32. The highest BCUT2D eigenvalue weighted by Crippen LogP contribution is 2.36. The fourth-order valence-electron chi connectivity index (χ4n) is 2.51. The van der Waals surface area contributed by atoms with E-state index in [1.54, 1.807) is 0 Å². The predicted octanol–water partition coefficient (Wildman–Crippen LogP) is 1.57. The highest BCUT2D eigenvalue weighted by atomic mass is 32.2. The summed E-state index contributed by atoms with van der Waals surface area (Å²) in [7, 11) is -3.60. The van der Waals surface area contributed by atoms with Gasteiger partial charge in [-0.25, -0.2) is 13.1 Å². The van der Waals surface area contributed by atoms with Gasteiger partial charge in [-0.05, 0) is 51.6 Å². The van der Waals surface area contributed by atoms with Gasteiger partial charge in [0.15, 0.2) is 0 Å². The highest BCUT2D eigenvalue weighted by Gasteiger charge is 2.51. The Hall–Kier alpha value is -0.885. The number of hydrogen-bond acceptors (Lipinski definition) is 4. The van der Waals surface area contributed by atoms with Crippen molar-refractivity contribution in [3.8, 4) is 0 Å². The molecular weight excluding hydrogens is 313 g/mol. The summed E-state index contributed by atoms with van der Waals surface area (Å²) < 4.78 is 38.6. The number of sulfonamides is 1. The van der Waals surface area contributed by atoms with E-state index in [9.17, 15) is 8.42 Å². The molecule has 1 saturated carbocycles. The molecule has 0 radical (unpaired) electrons. The number of nitrogens with one attached hydrogen (secondary N) is 1. The van der Waals surface area contributed by atoms with Crippen molar-refractivity contribution in [2.45, 2.75) is 63.5 Å². The summed E-state index contributed by atoms with van der Waals surface area (Å²) in [6, 6.07) is 7.70. The minimum atomic E-state index is -3.17. The van der Waals surface area contributed by atoms with Crippen molar-refractivity contribution in [1.29, 1.82) is 0 Å². The molecule has 1 N–H and O–H groups in total. The van der Waals surface area contributed by atoms with Crippen LogP contribution in [0.25, 0.3) is 0 Å². The summed E-state index contributed by atoms with van der Waals surface area (Å²) in [5, 5.41) is -0.200. The zero-order valence-electron chi connectivity index (χ0n) is 14.1. The summed E-state index contributed by atoms with van der Waals surface area (Å²) in [5.74, 6) is 0. The van der Waals surface area contributed by atoms with E-state index in [2.05, 4.69) is 4.72 Å². The van der Waals surface area contributed by atoms with Gasteiger partial charge in [0.05, 0.1) is 16.5 Å². The minimum Gasteiger partial charge on any atom is -0.399 e. The topological polar surface area (TPSA) is 64.6 Å². The molecule has 2 aliphatic rings. The van der Waals surface area contributed by atoms with E-state index in [0.717, 1.165) is 23.9 Å². The van der Waals surface area contributed by atoms with Crippen LogP contribution < -0.4 is 10.2 Å². The lowest BCUT2D eigenvalue weighted by Crippen LogP contribution is -2.41. The second-order valence-electron chi connectivity index (χ2n) is 7.40. The Morgan fingerprint density at radius 1 is 1.17 bits per heavy atom. The van der Waals surface area contributed by atoms with E-state index in [1.165, 1.54) is 0 Å².